The number of rotatable bonds is 7. The lowest BCUT2D eigenvalue weighted by molar-refractivity contribution is -0.0485. The molecule has 222 valence electrons. The molecule has 2 aromatic heterocycles. The molecule has 40 heavy (non-hydrogen) atoms. The van der Waals surface area contributed by atoms with Gasteiger partial charge < -0.3 is 29.1 Å². The van der Waals surface area contributed by atoms with Gasteiger partial charge in [-0.15, -0.1) is 0 Å². The Hall–Kier alpha value is -0.893. The van der Waals surface area contributed by atoms with E-state index in [2.05, 4.69) is 69.2 Å². The first kappa shape index (κ1) is 30.6. The van der Waals surface area contributed by atoms with Gasteiger partial charge in [0.15, 0.2) is 26.0 Å². The smallest absolute Gasteiger partial charge is 0.248 e. The standard InChI is InChI=1S/C26H42N5O5PS2Si/c1-15(2)16-9-10-26(6)18(11-16)35-37(38,39-26)36-21-17(12-33-40(7,8)25(3,4)5)34-24(20(21)32)31-14-30-19-22(27)28-13-29-23(19)31/h13-14,16-18,20-21,24,32H,1,9-12H2,2-8H3,(H2,27,28,29)/t16-,17-,18+,20-,21+,24-,26+,37-/m1/s1. The molecule has 14 heteroatoms. The quantitative estimate of drug-likeness (QED) is 0.227. The van der Waals surface area contributed by atoms with Crippen molar-refractivity contribution in [1.82, 2.24) is 19.5 Å². The second-order valence-corrected chi connectivity index (χ2v) is 24.4. The van der Waals surface area contributed by atoms with E-state index >= 15 is 0 Å². The highest BCUT2D eigenvalue weighted by Crippen LogP contribution is 2.76. The minimum absolute atomic E-state index is 0.00966. The van der Waals surface area contributed by atoms with Gasteiger partial charge in [0.1, 0.15) is 30.2 Å². The maximum atomic E-state index is 11.7. The van der Waals surface area contributed by atoms with E-state index in [0.29, 0.717) is 17.1 Å². The van der Waals surface area contributed by atoms with Crippen LogP contribution in [0.3, 0.4) is 0 Å². The van der Waals surface area contributed by atoms with E-state index in [-0.39, 0.29) is 28.3 Å². The van der Waals surface area contributed by atoms with E-state index < -0.39 is 38.6 Å². The van der Waals surface area contributed by atoms with E-state index in [0.717, 1.165) is 19.3 Å². The van der Waals surface area contributed by atoms with Gasteiger partial charge in [-0.2, -0.15) is 0 Å². The van der Waals surface area contributed by atoms with Gasteiger partial charge in [-0.25, -0.2) is 15.0 Å². The summed E-state index contributed by atoms with van der Waals surface area (Å²) in [6.45, 7) is 19.7. The number of nitrogens with two attached hydrogens (primary N) is 1. The molecule has 8 atom stereocenters. The molecule has 2 aromatic rings. The lowest BCUT2D eigenvalue weighted by Crippen LogP contribution is -2.45. The predicted octanol–water partition coefficient (Wildman–Crippen LogP) is 5.57. The number of hydrogen-bond acceptors (Lipinski definition) is 11. The number of fused-ring (bicyclic) bond motifs is 2. The molecular formula is C26H42N5O5PS2Si. The zero-order valence-electron chi connectivity index (χ0n) is 24.4. The third kappa shape index (κ3) is 5.58. The number of aromatic nitrogens is 4. The van der Waals surface area contributed by atoms with Crippen molar-refractivity contribution >= 4 is 54.2 Å². The zero-order chi connectivity index (χ0) is 29.3. The van der Waals surface area contributed by atoms with Gasteiger partial charge in [0.05, 0.1) is 19.0 Å². The van der Waals surface area contributed by atoms with Gasteiger partial charge in [-0.3, -0.25) is 4.57 Å². The van der Waals surface area contributed by atoms with Gasteiger partial charge in [0.2, 0.25) is 5.69 Å². The summed E-state index contributed by atoms with van der Waals surface area (Å²) in [5.74, 6) is 0.677. The van der Waals surface area contributed by atoms with Gasteiger partial charge >= 0.3 is 0 Å². The highest BCUT2D eigenvalue weighted by Gasteiger charge is 2.57. The van der Waals surface area contributed by atoms with Crippen LogP contribution in [-0.4, -0.2) is 68.7 Å². The average Bonchev–Trinajstić information content (AvgIpc) is 3.48. The van der Waals surface area contributed by atoms with E-state index in [9.17, 15) is 5.11 Å². The molecule has 0 aromatic carbocycles. The van der Waals surface area contributed by atoms with Crippen LogP contribution in [0.25, 0.3) is 11.2 Å². The fraction of sp³-hybridized carbons (Fsp3) is 0.731. The molecule has 5 rings (SSSR count). The first-order chi connectivity index (χ1) is 18.5. The summed E-state index contributed by atoms with van der Waals surface area (Å²) in [6.07, 6.45) is 2.61. The van der Waals surface area contributed by atoms with Crippen LogP contribution in [0.5, 0.6) is 0 Å². The molecule has 2 aliphatic heterocycles. The molecule has 3 aliphatic rings. The number of allylic oxidation sites excluding steroid dienone is 1. The van der Waals surface area contributed by atoms with E-state index in [1.165, 1.54) is 11.9 Å². The number of nitrogens with zero attached hydrogens (tertiary/aromatic N) is 4. The van der Waals surface area contributed by atoms with E-state index in [1.807, 2.05) is 0 Å². The summed E-state index contributed by atoms with van der Waals surface area (Å²) >= 11 is 7.73. The topological polar surface area (TPSA) is 127 Å². The van der Waals surface area contributed by atoms with Crippen molar-refractivity contribution in [2.45, 2.75) is 107 Å². The molecule has 2 saturated heterocycles. The number of imidazole rings is 1. The number of aliphatic hydroxyl groups is 1. The summed E-state index contributed by atoms with van der Waals surface area (Å²) in [4.78, 5) is 12.7. The molecule has 0 radical (unpaired) electrons. The lowest BCUT2D eigenvalue weighted by Gasteiger charge is -2.37. The van der Waals surface area contributed by atoms with Crippen LogP contribution in [0.1, 0.15) is 60.1 Å². The van der Waals surface area contributed by atoms with Crippen LogP contribution in [0.4, 0.5) is 5.82 Å². The maximum Gasteiger partial charge on any atom is 0.248 e. The molecule has 4 heterocycles. The molecule has 0 unspecified atom stereocenters. The Kier molecular flexibility index (Phi) is 8.16. The minimum atomic E-state index is -2.81. The van der Waals surface area contributed by atoms with Crippen molar-refractivity contribution in [3.8, 4) is 0 Å². The molecular weight excluding hydrogens is 586 g/mol. The highest BCUT2D eigenvalue weighted by molar-refractivity contribution is 8.68. The van der Waals surface area contributed by atoms with Crippen LogP contribution in [-0.2, 0) is 30.0 Å². The summed E-state index contributed by atoms with van der Waals surface area (Å²) in [5.41, 5.74) is 5.30. The van der Waals surface area contributed by atoms with Crippen molar-refractivity contribution in [2.75, 3.05) is 12.3 Å². The number of anilines is 1. The van der Waals surface area contributed by atoms with Crippen LogP contribution in [0, 0.1) is 5.92 Å². The zero-order valence-corrected chi connectivity index (χ0v) is 27.9. The summed E-state index contributed by atoms with van der Waals surface area (Å²) in [6, 6.07) is 0. The Balaban J connectivity index is 1.42. The van der Waals surface area contributed by atoms with Crippen molar-refractivity contribution < 1.29 is 23.3 Å². The Morgan fingerprint density at radius 1 is 1.38 bits per heavy atom. The van der Waals surface area contributed by atoms with Crippen molar-refractivity contribution in [1.29, 1.82) is 0 Å². The van der Waals surface area contributed by atoms with Crippen LogP contribution >= 0.6 is 17.1 Å². The van der Waals surface area contributed by atoms with Gasteiger partial charge in [0, 0.05) is 4.75 Å². The number of nitrogen functional groups attached to an aromatic ring is 1. The number of hydrogen-bond donors (Lipinski definition) is 2. The SMILES string of the molecule is C=C(C)[C@@H]1CC[C@]2(C)S[P@@](=S)(O[C@@H]3[C@@H](O)[C@H](n4cnc5c(N)ncnc54)O[C@@H]3CO[Si](C)(C)C(C)(C)C)O[C@H]2C1. The molecule has 0 bridgehead atoms. The maximum absolute atomic E-state index is 11.7. The Morgan fingerprint density at radius 2 is 2.10 bits per heavy atom. The van der Waals surface area contributed by atoms with Gasteiger partial charge in [-0.05, 0) is 69.0 Å². The molecule has 10 nitrogen and oxygen atoms in total. The third-order valence-corrected chi connectivity index (χ3v) is 19.3. The molecule has 1 aliphatic carbocycles. The molecule has 0 amide bonds. The molecule has 3 fully saturated rings. The normalized spacial score (nSPS) is 36.7. The minimum Gasteiger partial charge on any atom is -0.414 e. The third-order valence-electron chi connectivity index (χ3n) is 9.08. The van der Waals surface area contributed by atoms with E-state index in [1.54, 1.807) is 22.3 Å². The Labute approximate surface area is 246 Å². The predicted molar refractivity (Wildman–Crippen MR) is 165 cm³/mol. The second kappa shape index (κ2) is 10.7. The van der Waals surface area contributed by atoms with Gasteiger partial charge in [-0.1, -0.05) is 44.3 Å². The average molecular weight is 628 g/mol. The van der Waals surface area contributed by atoms with Gasteiger partial charge in [0.25, 0.3) is 0 Å². The number of ether oxygens (including phenoxy) is 1. The monoisotopic (exact) mass is 627 g/mol. The van der Waals surface area contributed by atoms with E-state index in [4.69, 9.17) is 35.8 Å². The van der Waals surface area contributed by atoms with Crippen LogP contribution < -0.4 is 5.73 Å². The fourth-order valence-electron chi connectivity index (χ4n) is 5.36. The number of aliphatic hydroxyl groups excluding tert-OH is 1. The Bertz CT molecular complexity index is 1340. The van der Waals surface area contributed by atoms with Crippen molar-refractivity contribution in [2.24, 2.45) is 5.92 Å². The van der Waals surface area contributed by atoms with Crippen molar-refractivity contribution in [3.05, 3.63) is 24.8 Å². The highest BCUT2D eigenvalue weighted by atomic mass is 32.9. The summed E-state index contributed by atoms with van der Waals surface area (Å²) in [7, 11) is -2.12. The molecule has 1 saturated carbocycles. The first-order valence-corrected chi connectivity index (χ1v) is 20.7. The fourth-order valence-corrected chi connectivity index (χ4v) is 13.9. The second-order valence-electron chi connectivity index (χ2n) is 13.0. The van der Waals surface area contributed by atoms with Crippen LogP contribution in [0.2, 0.25) is 18.1 Å². The largest absolute Gasteiger partial charge is 0.414 e. The van der Waals surface area contributed by atoms with Crippen LogP contribution in [0.15, 0.2) is 24.8 Å². The Morgan fingerprint density at radius 3 is 2.77 bits per heavy atom. The molecule has 0 spiro atoms. The molecule has 3 N–H and O–H groups in total. The van der Waals surface area contributed by atoms with Crippen molar-refractivity contribution in [3.63, 3.8) is 0 Å². The summed E-state index contributed by atoms with van der Waals surface area (Å²) in [5, 5.41) is 11.7. The summed E-state index contributed by atoms with van der Waals surface area (Å²) < 4.78 is 27.8. The first-order valence-electron chi connectivity index (χ1n) is 13.8. The lowest BCUT2D eigenvalue weighted by atomic mass is 9.77.